The smallest absolute Gasteiger partial charge is 0.191 e. The van der Waals surface area contributed by atoms with Crippen molar-refractivity contribution in [2.24, 2.45) is 4.99 Å². The van der Waals surface area contributed by atoms with Crippen LogP contribution in [0, 0.1) is 6.92 Å². The molecule has 0 aliphatic carbocycles. The minimum Gasteiger partial charge on any atom is -0.352 e. The molecule has 1 aromatic heterocycles. The van der Waals surface area contributed by atoms with Crippen molar-refractivity contribution in [1.82, 2.24) is 25.8 Å². The quantitative estimate of drug-likeness (QED) is 0.297. The molecule has 0 saturated carbocycles. The number of nitrogens with one attached hydrogen (secondary N) is 3. The van der Waals surface area contributed by atoms with E-state index >= 15 is 0 Å². The molecule has 0 saturated heterocycles. The van der Waals surface area contributed by atoms with Gasteiger partial charge in [-0.25, -0.2) is 4.98 Å². The molecule has 1 atom stereocenters. The number of rotatable bonds is 5. The summed E-state index contributed by atoms with van der Waals surface area (Å²) in [6.45, 7) is 4.93. The molecule has 0 aliphatic heterocycles. The first-order valence-corrected chi connectivity index (χ1v) is 8.64. The van der Waals surface area contributed by atoms with Gasteiger partial charge < -0.3 is 10.6 Å². The Labute approximate surface area is 176 Å². The van der Waals surface area contributed by atoms with Crippen LogP contribution in [0.5, 0.6) is 0 Å². The third-order valence-corrected chi connectivity index (χ3v) is 4.31. The van der Waals surface area contributed by atoms with Gasteiger partial charge in [-0.3, -0.25) is 10.1 Å². The van der Waals surface area contributed by atoms with Crippen LogP contribution in [-0.2, 0) is 6.54 Å². The van der Waals surface area contributed by atoms with Gasteiger partial charge in [0.05, 0.1) is 6.04 Å². The first kappa shape index (κ1) is 20.9. The third-order valence-electron chi connectivity index (χ3n) is 4.31. The predicted octanol–water partition coefficient (Wildman–Crippen LogP) is 3.82. The molecule has 7 heteroatoms. The van der Waals surface area contributed by atoms with Crippen LogP contribution >= 0.6 is 24.0 Å². The summed E-state index contributed by atoms with van der Waals surface area (Å²) < 4.78 is 0. The fourth-order valence-electron chi connectivity index (χ4n) is 2.91. The first-order valence-electron chi connectivity index (χ1n) is 8.64. The standard InChI is InChI=1S/C20H24N6.HI/c1-14-7-4-5-10-18(14)15(2)25-20(21-3)22-12-16-8-6-9-17(11-16)19-23-13-24-26-19;/h4-11,13,15H,12H2,1-3H3,(H2,21,22,25)(H,23,24,26);1H. The van der Waals surface area contributed by atoms with E-state index in [1.165, 1.54) is 17.5 Å². The lowest BCUT2D eigenvalue weighted by atomic mass is 10.0. The normalized spacial score (nSPS) is 12.2. The second kappa shape index (κ2) is 10.1. The van der Waals surface area contributed by atoms with Crippen molar-refractivity contribution >= 4 is 29.9 Å². The highest BCUT2D eigenvalue weighted by Crippen LogP contribution is 2.17. The van der Waals surface area contributed by atoms with E-state index in [9.17, 15) is 0 Å². The Morgan fingerprint density at radius 2 is 2.00 bits per heavy atom. The van der Waals surface area contributed by atoms with Gasteiger partial charge in [0.25, 0.3) is 0 Å². The number of aliphatic imine (C=N–C) groups is 1. The van der Waals surface area contributed by atoms with Crippen LogP contribution in [0.25, 0.3) is 11.4 Å². The summed E-state index contributed by atoms with van der Waals surface area (Å²) in [6.07, 6.45) is 1.51. The monoisotopic (exact) mass is 476 g/mol. The highest BCUT2D eigenvalue weighted by molar-refractivity contribution is 14.0. The molecular weight excluding hydrogens is 451 g/mol. The van der Waals surface area contributed by atoms with Crippen molar-refractivity contribution in [3.8, 4) is 11.4 Å². The zero-order chi connectivity index (χ0) is 18.4. The van der Waals surface area contributed by atoms with Crippen molar-refractivity contribution in [2.75, 3.05) is 7.05 Å². The minimum atomic E-state index is 0. The summed E-state index contributed by atoms with van der Waals surface area (Å²) in [5.41, 5.74) is 4.69. The van der Waals surface area contributed by atoms with E-state index in [4.69, 9.17) is 0 Å². The summed E-state index contributed by atoms with van der Waals surface area (Å²) in [5.74, 6) is 1.54. The Balaban J connectivity index is 0.00000261. The Morgan fingerprint density at radius 3 is 2.70 bits per heavy atom. The maximum absolute atomic E-state index is 4.34. The number of hydrogen-bond acceptors (Lipinski definition) is 3. The molecule has 0 aliphatic rings. The Bertz CT molecular complexity index is 876. The number of aromatic amines is 1. The summed E-state index contributed by atoms with van der Waals surface area (Å²) in [4.78, 5) is 8.53. The van der Waals surface area contributed by atoms with Crippen molar-refractivity contribution in [3.05, 3.63) is 71.5 Å². The molecular formula is C20H25IN6. The van der Waals surface area contributed by atoms with E-state index in [2.05, 4.69) is 81.1 Å². The number of H-pyrrole nitrogens is 1. The number of benzene rings is 2. The Morgan fingerprint density at radius 1 is 1.19 bits per heavy atom. The van der Waals surface area contributed by atoms with E-state index in [0.717, 1.165) is 22.9 Å². The number of hydrogen-bond donors (Lipinski definition) is 3. The Kier molecular flexibility index (Phi) is 7.78. The number of guanidine groups is 1. The van der Waals surface area contributed by atoms with Crippen molar-refractivity contribution in [2.45, 2.75) is 26.4 Å². The fourth-order valence-corrected chi connectivity index (χ4v) is 2.91. The van der Waals surface area contributed by atoms with E-state index in [-0.39, 0.29) is 30.0 Å². The average molecular weight is 476 g/mol. The molecule has 0 radical (unpaired) electrons. The van der Waals surface area contributed by atoms with E-state index in [1.807, 2.05) is 12.1 Å². The second-order valence-corrected chi connectivity index (χ2v) is 6.18. The van der Waals surface area contributed by atoms with Crippen LogP contribution in [0.2, 0.25) is 0 Å². The lowest BCUT2D eigenvalue weighted by Crippen LogP contribution is -2.38. The lowest BCUT2D eigenvalue weighted by Gasteiger charge is -2.20. The largest absolute Gasteiger partial charge is 0.352 e. The maximum atomic E-state index is 4.34. The molecule has 2 aromatic carbocycles. The zero-order valence-corrected chi connectivity index (χ0v) is 18.1. The van der Waals surface area contributed by atoms with Crippen LogP contribution in [0.4, 0.5) is 0 Å². The van der Waals surface area contributed by atoms with Gasteiger partial charge >= 0.3 is 0 Å². The molecule has 3 aromatic rings. The van der Waals surface area contributed by atoms with Crippen LogP contribution in [0.1, 0.15) is 29.7 Å². The van der Waals surface area contributed by atoms with Crippen molar-refractivity contribution in [1.29, 1.82) is 0 Å². The highest BCUT2D eigenvalue weighted by atomic mass is 127. The van der Waals surface area contributed by atoms with Crippen LogP contribution in [0.3, 0.4) is 0 Å². The molecule has 0 spiro atoms. The van der Waals surface area contributed by atoms with E-state index < -0.39 is 0 Å². The fraction of sp³-hybridized carbons (Fsp3) is 0.250. The number of nitrogens with zero attached hydrogens (tertiary/aromatic N) is 3. The van der Waals surface area contributed by atoms with Gasteiger partial charge in [0.15, 0.2) is 11.8 Å². The average Bonchev–Trinajstić information content (AvgIpc) is 3.20. The van der Waals surface area contributed by atoms with Gasteiger partial charge in [-0.1, -0.05) is 42.5 Å². The summed E-state index contributed by atoms with van der Waals surface area (Å²) in [6, 6.07) is 16.7. The topological polar surface area (TPSA) is 78.0 Å². The van der Waals surface area contributed by atoms with Gasteiger partial charge in [0.1, 0.15) is 6.33 Å². The van der Waals surface area contributed by atoms with E-state index in [0.29, 0.717) is 6.54 Å². The first-order chi connectivity index (χ1) is 12.7. The van der Waals surface area contributed by atoms with Crippen molar-refractivity contribution in [3.63, 3.8) is 0 Å². The van der Waals surface area contributed by atoms with Crippen molar-refractivity contribution < 1.29 is 0 Å². The van der Waals surface area contributed by atoms with Gasteiger partial charge in [-0.05, 0) is 36.6 Å². The predicted molar refractivity (Wildman–Crippen MR) is 120 cm³/mol. The molecule has 142 valence electrons. The second-order valence-electron chi connectivity index (χ2n) is 6.18. The van der Waals surface area contributed by atoms with E-state index in [1.54, 1.807) is 7.05 Å². The van der Waals surface area contributed by atoms with Crippen LogP contribution in [0.15, 0.2) is 59.9 Å². The SMILES string of the molecule is CN=C(NCc1cccc(-c2ncn[nH]2)c1)NC(C)c1ccccc1C.I. The third kappa shape index (κ3) is 5.53. The molecule has 0 amide bonds. The lowest BCUT2D eigenvalue weighted by molar-refractivity contribution is 0.681. The zero-order valence-electron chi connectivity index (χ0n) is 15.7. The molecule has 3 rings (SSSR count). The summed E-state index contributed by atoms with van der Waals surface area (Å²) in [5, 5.41) is 13.6. The summed E-state index contributed by atoms with van der Waals surface area (Å²) in [7, 11) is 1.78. The molecule has 1 heterocycles. The number of aromatic nitrogens is 3. The number of aryl methyl sites for hydroxylation is 1. The highest BCUT2D eigenvalue weighted by Gasteiger charge is 2.10. The molecule has 6 nitrogen and oxygen atoms in total. The number of halogens is 1. The Hall–Kier alpha value is -2.42. The molecule has 0 fully saturated rings. The van der Waals surface area contributed by atoms with Crippen LogP contribution < -0.4 is 10.6 Å². The van der Waals surface area contributed by atoms with Gasteiger partial charge in [0, 0.05) is 19.2 Å². The van der Waals surface area contributed by atoms with Crippen LogP contribution in [-0.4, -0.2) is 28.2 Å². The molecule has 0 bridgehead atoms. The van der Waals surface area contributed by atoms with Gasteiger partial charge in [0.2, 0.25) is 0 Å². The molecule has 1 unspecified atom stereocenters. The van der Waals surface area contributed by atoms with Gasteiger partial charge in [-0.15, -0.1) is 24.0 Å². The van der Waals surface area contributed by atoms with Gasteiger partial charge in [-0.2, -0.15) is 5.10 Å². The minimum absolute atomic E-state index is 0. The molecule has 27 heavy (non-hydrogen) atoms. The maximum Gasteiger partial charge on any atom is 0.191 e. The summed E-state index contributed by atoms with van der Waals surface area (Å²) >= 11 is 0. The molecule has 3 N–H and O–H groups in total.